The Hall–Kier alpha value is -5.49. The third kappa shape index (κ3) is 5.90. The van der Waals surface area contributed by atoms with Gasteiger partial charge in [-0.1, -0.05) is 122 Å². The molecule has 2 aliphatic heterocycles. The number of terminal acetylenes is 1. The number of likely N-dealkylation sites (tertiary alicyclic amines) is 1. The Kier molecular flexibility index (Phi) is 8.78. The van der Waals surface area contributed by atoms with E-state index in [9.17, 15) is 14.4 Å². The maximum absolute atomic E-state index is 14.5. The molecule has 1 fully saturated rings. The van der Waals surface area contributed by atoms with Crippen LogP contribution in [0.2, 0.25) is 0 Å². The van der Waals surface area contributed by atoms with Crippen LogP contribution in [0.3, 0.4) is 0 Å². The van der Waals surface area contributed by atoms with E-state index in [0.717, 1.165) is 47.5 Å². The molecule has 3 aliphatic rings. The van der Waals surface area contributed by atoms with Crippen molar-refractivity contribution in [2.24, 2.45) is 0 Å². The number of benzene rings is 4. The van der Waals surface area contributed by atoms with Gasteiger partial charge in [0.25, 0.3) is 5.01 Å². The van der Waals surface area contributed by atoms with Crippen LogP contribution in [-0.2, 0) is 32.9 Å². The molecule has 4 aromatic carbocycles. The molecule has 0 radical (unpaired) electrons. The van der Waals surface area contributed by atoms with Gasteiger partial charge in [-0.2, -0.15) is 4.57 Å². The van der Waals surface area contributed by atoms with E-state index in [0.29, 0.717) is 24.2 Å². The molecule has 256 valence electrons. The second kappa shape index (κ2) is 13.6. The predicted molar refractivity (Wildman–Crippen MR) is 209 cm³/mol. The van der Waals surface area contributed by atoms with Crippen LogP contribution in [0.1, 0.15) is 42.0 Å². The minimum absolute atomic E-state index is 0.0357. The Balaban J connectivity index is 1.27. The van der Waals surface area contributed by atoms with Crippen molar-refractivity contribution in [2.45, 2.75) is 44.0 Å². The predicted octanol–water partition coefficient (Wildman–Crippen LogP) is 7.83. The van der Waals surface area contributed by atoms with Crippen LogP contribution in [-0.4, -0.2) is 34.3 Å². The van der Waals surface area contributed by atoms with E-state index in [1.807, 2.05) is 66.7 Å². The lowest BCUT2D eigenvalue weighted by Crippen LogP contribution is -2.36. The number of hydrogen-bond acceptors (Lipinski definition) is 6. The molecule has 0 bridgehead atoms. The van der Waals surface area contributed by atoms with Gasteiger partial charge in [0, 0.05) is 63.5 Å². The molecule has 1 atom stereocenters. The first-order valence-corrected chi connectivity index (χ1v) is 19.0. The number of imide groups is 1. The number of nitrogens with zero attached hydrogens (tertiary/aromatic N) is 3. The van der Waals surface area contributed by atoms with E-state index < -0.39 is 10.7 Å². The number of rotatable bonds is 9. The number of Topliss-reactive ketones (excluding diaryl/α,β-unsaturated/α-hetero) is 1. The van der Waals surface area contributed by atoms with Crippen molar-refractivity contribution in [1.82, 2.24) is 4.90 Å². The highest BCUT2D eigenvalue weighted by atomic mass is 32.2. The van der Waals surface area contributed by atoms with E-state index in [1.54, 1.807) is 11.3 Å². The summed E-state index contributed by atoms with van der Waals surface area (Å²) in [6.45, 7) is 5.60. The highest BCUT2D eigenvalue weighted by Crippen LogP contribution is 2.51. The van der Waals surface area contributed by atoms with Gasteiger partial charge in [-0.15, -0.1) is 18.2 Å². The summed E-state index contributed by atoms with van der Waals surface area (Å²) >= 11 is 2.94. The molecule has 1 aliphatic carbocycles. The van der Waals surface area contributed by atoms with Crippen molar-refractivity contribution in [3.63, 3.8) is 0 Å². The Labute approximate surface area is 311 Å². The minimum Gasteiger partial charge on any atom is -0.340 e. The summed E-state index contributed by atoms with van der Waals surface area (Å²) in [6.07, 6.45) is 9.54. The van der Waals surface area contributed by atoms with Crippen molar-refractivity contribution < 1.29 is 19.0 Å². The Morgan fingerprint density at radius 3 is 2.29 bits per heavy atom. The molecule has 5 aromatic rings. The molecule has 8 heteroatoms. The molecule has 0 saturated carbocycles. The van der Waals surface area contributed by atoms with E-state index >= 15 is 0 Å². The molecule has 3 heterocycles. The Bertz CT molecular complexity index is 2400. The summed E-state index contributed by atoms with van der Waals surface area (Å²) < 4.78 is 3.35. The SMILES string of the molecule is C#CCN1C(=O)CC(SC2=C(/C=C3/N(Cc4ccccc4)c4ccccc4C3(C)C)C(=O)/C2=C\c2sc3ccccc3[n+]2Cc2ccccc2)C1=O. The Morgan fingerprint density at radius 2 is 1.54 bits per heavy atom. The molecule has 6 nitrogen and oxygen atoms in total. The van der Waals surface area contributed by atoms with Crippen LogP contribution >= 0.6 is 23.1 Å². The van der Waals surface area contributed by atoms with E-state index in [1.165, 1.54) is 17.3 Å². The number of carbonyl (C=O) groups is 3. The zero-order valence-electron chi connectivity index (χ0n) is 28.9. The zero-order chi connectivity index (χ0) is 36.0. The standard InChI is InChI=1S/C44H36N3O3S2/c1-4-23-45-39(48)26-37(43(45)50)52-42-31(24-38-44(2,3)33-19-11-12-20-34(33)46(38)27-29-15-7-5-8-16-29)41(49)32(42)25-40-47(28-30-17-9-6-10-18-30)35-21-13-14-22-36(35)51-40/h1,5-22,24-25,37H,23,26-28H2,2-3H3/q+1. The fourth-order valence-corrected chi connectivity index (χ4v) is 9.75. The molecule has 8 rings (SSSR count). The summed E-state index contributed by atoms with van der Waals surface area (Å²) in [6, 6.07) is 37.2. The van der Waals surface area contributed by atoms with E-state index in [-0.39, 0.29) is 30.6 Å². The highest BCUT2D eigenvalue weighted by Gasteiger charge is 2.45. The number of hydrogen-bond donors (Lipinski definition) is 0. The normalized spacial score (nSPS) is 19.6. The van der Waals surface area contributed by atoms with Crippen molar-refractivity contribution in [1.29, 1.82) is 0 Å². The van der Waals surface area contributed by atoms with Crippen LogP contribution in [0.15, 0.2) is 137 Å². The fraction of sp³-hybridized carbons (Fsp3) is 0.182. The number of thioether (sulfide) groups is 1. The number of allylic oxidation sites excluding steroid dienone is 4. The number of anilines is 1. The third-order valence-electron chi connectivity index (χ3n) is 10.0. The molecule has 0 N–H and O–H groups in total. The number of aromatic nitrogens is 1. The molecule has 1 unspecified atom stereocenters. The number of carbonyl (C=O) groups excluding carboxylic acids is 3. The quantitative estimate of drug-likeness (QED) is 0.0673. The molecular weight excluding hydrogens is 683 g/mol. The van der Waals surface area contributed by atoms with Gasteiger partial charge < -0.3 is 4.90 Å². The largest absolute Gasteiger partial charge is 0.340 e. The topological polar surface area (TPSA) is 61.6 Å². The average Bonchev–Trinajstić information content (AvgIpc) is 3.72. The van der Waals surface area contributed by atoms with Crippen LogP contribution in [0.25, 0.3) is 16.3 Å². The molecule has 1 saturated heterocycles. The number of fused-ring (bicyclic) bond motifs is 2. The molecule has 52 heavy (non-hydrogen) atoms. The lowest BCUT2D eigenvalue weighted by atomic mass is 9.81. The van der Waals surface area contributed by atoms with Crippen molar-refractivity contribution in [3.05, 3.63) is 159 Å². The lowest BCUT2D eigenvalue weighted by molar-refractivity contribution is -0.659. The summed E-state index contributed by atoms with van der Waals surface area (Å²) in [4.78, 5) is 45.1. The minimum atomic E-state index is -0.672. The van der Waals surface area contributed by atoms with Gasteiger partial charge in [-0.3, -0.25) is 19.3 Å². The van der Waals surface area contributed by atoms with Gasteiger partial charge in [0.2, 0.25) is 17.3 Å². The summed E-state index contributed by atoms with van der Waals surface area (Å²) in [5.41, 5.74) is 7.37. The molecule has 0 spiro atoms. The van der Waals surface area contributed by atoms with Crippen LogP contribution in [0, 0.1) is 12.3 Å². The number of ketones is 1. The molecular formula is C44H36N3O3S2+. The maximum Gasteiger partial charge on any atom is 0.263 e. The van der Waals surface area contributed by atoms with E-state index in [2.05, 4.69) is 83.8 Å². The average molecular weight is 719 g/mol. The summed E-state index contributed by atoms with van der Waals surface area (Å²) in [5, 5.41) is 0.258. The summed E-state index contributed by atoms with van der Waals surface area (Å²) in [7, 11) is 0. The Morgan fingerprint density at radius 1 is 0.865 bits per heavy atom. The van der Waals surface area contributed by atoms with Crippen molar-refractivity contribution in [3.8, 4) is 12.3 Å². The van der Waals surface area contributed by atoms with Gasteiger partial charge >= 0.3 is 0 Å². The van der Waals surface area contributed by atoms with Crippen LogP contribution in [0.4, 0.5) is 5.69 Å². The van der Waals surface area contributed by atoms with Crippen molar-refractivity contribution in [2.75, 3.05) is 11.4 Å². The number of thiazole rings is 1. The van der Waals surface area contributed by atoms with E-state index in [4.69, 9.17) is 6.42 Å². The van der Waals surface area contributed by atoms with Crippen LogP contribution in [0.5, 0.6) is 0 Å². The number of para-hydroxylation sites is 2. The van der Waals surface area contributed by atoms with Gasteiger partial charge in [-0.05, 0) is 29.3 Å². The smallest absolute Gasteiger partial charge is 0.263 e. The van der Waals surface area contributed by atoms with Gasteiger partial charge in [0.1, 0.15) is 4.70 Å². The van der Waals surface area contributed by atoms with Crippen LogP contribution < -0.4 is 9.47 Å². The third-order valence-corrected chi connectivity index (χ3v) is 12.5. The highest BCUT2D eigenvalue weighted by molar-refractivity contribution is 8.04. The van der Waals surface area contributed by atoms with Gasteiger partial charge in [-0.25, -0.2) is 0 Å². The molecule has 1 aromatic heterocycles. The maximum atomic E-state index is 14.5. The molecule has 2 amide bonds. The zero-order valence-corrected chi connectivity index (χ0v) is 30.5. The lowest BCUT2D eigenvalue weighted by Gasteiger charge is -2.31. The van der Waals surface area contributed by atoms with Gasteiger partial charge in [0.15, 0.2) is 12.3 Å². The monoisotopic (exact) mass is 718 g/mol. The first-order chi connectivity index (χ1) is 25.2. The van der Waals surface area contributed by atoms with Crippen molar-refractivity contribution >= 4 is 62.7 Å². The second-order valence-electron chi connectivity index (χ2n) is 13.7. The first-order valence-electron chi connectivity index (χ1n) is 17.3. The fourth-order valence-electron chi connectivity index (χ4n) is 7.35. The second-order valence-corrected chi connectivity index (χ2v) is 16.0. The summed E-state index contributed by atoms with van der Waals surface area (Å²) in [5.74, 6) is 1.76. The first kappa shape index (κ1) is 33.6. The van der Waals surface area contributed by atoms with Gasteiger partial charge in [0.05, 0.1) is 11.8 Å². The number of amides is 2.